The second kappa shape index (κ2) is 10.4. The van der Waals surface area contributed by atoms with Gasteiger partial charge in [0.2, 0.25) is 15.2 Å². The Kier molecular flexibility index (Phi) is 7.47. The molecule has 0 aliphatic carbocycles. The molecule has 2 aromatic carbocycles. The molecule has 2 heterocycles. The maximum absolute atomic E-state index is 13.2. The van der Waals surface area contributed by atoms with E-state index < -0.39 is 10.0 Å². The van der Waals surface area contributed by atoms with Crippen LogP contribution in [0.25, 0.3) is 11.3 Å². The highest BCUT2D eigenvalue weighted by Crippen LogP contribution is 2.28. The van der Waals surface area contributed by atoms with Gasteiger partial charge in [-0.3, -0.25) is 5.43 Å². The molecule has 4 rings (SSSR count). The zero-order valence-electron chi connectivity index (χ0n) is 19.8. The van der Waals surface area contributed by atoms with E-state index in [-0.39, 0.29) is 17.1 Å². The molecule has 0 amide bonds. The van der Waals surface area contributed by atoms with Crippen molar-refractivity contribution in [1.82, 2.24) is 9.29 Å². The molecule has 34 heavy (non-hydrogen) atoms. The first-order valence-electron chi connectivity index (χ1n) is 11.3. The van der Waals surface area contributed by atoms with Crippen molar-refractivity contribution in [3.8, 4) is 11.3 Å². The second-order valence-electron chi connectivity index (χ2n) is 8.84. The lowest BCUT2D eigenvalue weighted by atomic mass is 10.0. The van der Waals surface area contributed by atoms with Crippen LogP contribution in [-0.4, -0.2) is 49.2 Å². The van der Waals surface area contributed by atoms with Gasteiger partial charge in [0.15, 0.2) is 0 Å². The van der Waals surface area contributed by atoms with Crippen LogP contribution < -0.4 is 5.43 Å². The van der Waals surface area contributed by atoms with E-state index in [1.54, 1.807) is 24.4 Å². The number of benzene rings is 2. The SMILES string of the molecule is CC1CN(S(=O)(=O)c2cccc(-c3csc(N/N=C/c4ccc(C(C)C)cc4)n3)c2)CC(C)O1. The number of aromatic nitrogens is 1. The first kappa shape index (κ1) is 24.5. The topological polar surface area (TPSA) is 83.9 Å². The number of nitrogens with zero attached hydrogens (tertiary/aromatic N) is 3. The van der Waals surface area contributed by atoms with Crippen LogP contribution in [0.1, 0.15) is 44.7 Å². The van der Waals surface area contributed by atoms with Crippen molar-refractivity contribution >= 4 is 32.7 Å². The Morgan fingerprint density at radius 3 is 2.53 bits per heavy atom. The fraction of sp³-hybridized carbons (Fsp3) is 0.360. The van der Waals surface area contributed by atoms with Crippen LogP contribution in [0.4, 0.5) is 5.13 Å². The summed E-state index contributed by atoms with van der Waals surface area (Å²) in [5, 5.41) is 6.81. The molecule has 0 saturated carbocycles. The van der Waals surface area contributed by atoms with Crippen molar-refractivity contribution in [2.75, 3.05) is 18.5 Å². The van der Waals surface area contributed by atoms with Crippen LogP contribution in [0.15, 0.2) is 63.9 Å². The highest BCUT2D eigenvalue weighted by molar-refractivity contribution is 7.89. The van der Waals surface area contributed by atoms with Crippen LogP contribution in [0.3, 0.4) is 0 Å². The van der Waals surface area contributed by atoms with E-state index in [1.165, 1.54) is 21.2 Å². The number of nitrogens with one attached hydrogen (secondary N) is 1. The number of hydrazone groups is 1. The molecule has 0 spiro atoms. The van der Waals surface area contributed by atoms with Crippen molar-refractivity contribution in [1.29, 1.82) is 0 Å². The predicted octanol–water partition coefficient (Wildman–Crippen LogP) is 5.18. The zero-order valence-corrected chi connectivity index (χ0v) is 21.4. The van der Waals surface area contributed by atoms with E-state index in [0.29, 0.717) is 29.8 Å². The van der Waals surface area contributed by atoms with Crippen LogP contribution in [0.5, 0.6) is 0 Å². The van der Waals surface area contributed by atoms with Gasteiger partial charge >= 0.3 is 0 Å². The number of rotatable bonds is 7. The van der Waals surface area contributed by atoms with Crippen LogP contribution in [0, 0.1) is 0 Å². The van der Waals surface area contributed by atoms with Crippen LogP contribution in [-0.2, 0) is 14.8 Å². The van der Waals surface area contributed by atoms with Gasteiger partial charge in [-0.15, -0.1) is 11.3 Å². The molecule has 0 bridgehead atoms. The van der Waals surface area contributed by atoms with Crippen LogP contribution in [0.2, 0.25) is 0 Å². The van der Waals surface area contributed by atoms with E-state index in [9.17, 15) is 8.42 Å². The number of thiazole rings is 1. The summed E-state index contributed by atoms with van der Waals surface area (Å²) >= 11 is 1.42. The maximum Gasteiger partial charge on any atom is 0.243 e. The summed E-state index contributed by atoms with van der Waals surface area (Å²) in [6, 6.07) is 15.2. The Hall–Kier alpha value is -2.59. The normalized spacial score (nSPS) is 19.7. The molecule has 1 saturated heterocycles. The van der Waals surface area contributed by atoms with Gasteiger partial charge in [0.1, 0.15) is 0 Å². The summed E-state index contributed by atoms with van der Waals surface area (Å²) < 4.78 is 33.6. The number of ether oxygens (including phenoxy) is 1. The molecule has 1 aliphatic rings. The van der Waals surface area contributed by atoms with E-state index in [4.69, 9.17) is 4.74 Å². The average molecular weight is 499 g/mol. The van der Waals surface area contributed by atoms with Gasteiger partial charge in [0.05, 0.1) is 29.0 Å². The van der Waals surface area contributed by atoms with Gasteiger partial charge in [-0.1, -0.05) is 50.2 Å². The van der Waals surface area contributed by atoms with Gasteiger partial charge in [-0.2, -0.15) is 9.41 Å². The molecule has 0 radical (unpaired) electrons. The zero-order chi connectivity index (χ0) is 24.3. The molecule has 180 valence electrons. The smallest absolute Gasteiger partial charge is 0.243 e. The predicted molar refractivity (Wildman–Crippen MR) is 138 cm³/mol. The summed E-state index contributed by atoms with van der Waals surface area (Å²) in [5.74, 6) is 0.493. The molecular formula is C25H30N4O3S2. The number of hydrogen-bond acceptors (Lipinski definition) is 7. The molecule has 9 heteroatoms. The quantitative estimate of drug-likeness (QED) is 0.359. The Balaban J connectivity index is 1.46. The van der Waals surface area contributed by atoms with E-state index in [2.05, 4.69) is 41.5 Å². The van der Waals surface area contributed by atoms with Gasteiger partial charge < -0.3 is 4.74 Å². The van der Waals surface area contributed by atoms with E-state index >= 15 is 0 Å². The fourth-order valence-electron chi connectivity index (χ4n) is 3.88. The molecule has 2 unspecified atom stereocenters. The Morgan fingerprint density at radius 2 is 1.85 bits per heavy atom. The lowest BCUT2D eigenvalue weighted by Gasteiger charge is -2.34. The number of hydrogen-bond donors (Lipinski definition) is 1. The lowest BCUT2D eigenvalue weighted by molar-refractivity contribution is -0.0440. The third kappa shape index (κ3) is 5.72. The van der Waals surface area contributed by atoms with Gasteiger partial charge in [0.25, 0.3) is 0 Å². The minimum Gasteiger partial charge on any atom is -0.373 e. The fourth-order valence-corrected chi connectivity index (χ4v) is 6.18. The highest BCUT2D eigenvalue weighted by Gasteiger charge is 2.32. The molecule has 2 atom stereocenters. The maximum atomic E-state index is 13.2. The molecule has 1 fully saturated rings. The van der Waals surface area contributed by atoms with Crippen molar-refractivity contribution < 1.29 is 13.2 Å². The highest BCUT2D eigenvalue weighted by atomic mass is 32.2. The van der Waals surface area contributed by atoms with Crippen molar-refractivity contribution in [3.63, 3.8) is 0 Å². The Morgan fingerprint density at radius 1 is 1.15 bits per heavy atom. The van der Waals surface area contributed by atoms with Gasteiger partial charge in [0, 0.05) is 24.0 Å². The van der Waals surface area contributed by atoms with Crippen molar-refractivity contribution in [2.45, 2.75) is 50.7 Å². The molecule has 7 nitrogen and oxygen atoms in total. The van der Waals surface area contributed by atoms with Gasteiger partial charge in [-0.25, -0.2) is 13.4 Å². The molecule has 3 aromatic rings. The Bertz CT molecular complexity index is 1240. The average Bonchev–Trinajstić information content (AvgIpc) is 3.28. The summed E-state index contributed by atoms with van der Waals surface area (Å²) in [7, 11) is -3.62. The minimum atomic E-state index is -3.62. The third-order valence-electron chi connectivity index (χ3n) is 5.63. The number of sulfonamides is 1. The van der Waals surface area contributed by atoms with Crippen molar-refractivity contribution in [3.05, 3.63) is 65.0 Å². The minimum absolute atomic E-state index is 0.137. The molecule has 1 aliphatic heterocycles. The standard InChI is InChI=1S/C25H30N4O3S2/c1-17(2)21-10-8-20(9-11-21)13-26-28-25-27-24(16-33-25)22-6-5-7-23(12-22)34(30,31)29-14-18(3)32-19(4)15-29/h5-13,16-19H,14-15H2,1-4H3,(H,27,28)/b26-13+. The largest absolute Gasteiger partial charge is 0.373 e. The number of morpholine rings is 1. The third-order valence-corrected chi connectivity index (χ3v) is 8.21. The summed E-state index contributed by atoms with van der Waals surface area (Å²) in [6.45, 7) is 8.81. The summed E-state index contributed by atoms with van der Waals surface area (Å²) in [4.78, 5) is 4.83. The monoisotopic (exact) mass is 498 g/mol. The first-order valence-corrected chi connectivity index (χ1v) is 13.6. The molecule has 1 N–H and O–H groups in total. The second-order valence-corrected chi connectivity index (χ2v) is 11.6. The molecule has 1 aromatic heterocycles. The van der Waals surface area contributed by atoms with E-state index in [0.717, 1.165) is 11.1 Å². The van der Waals surface area contributed by atoms with Crippen LogP contribution >= 0.6 is 11.3 Å². The number of anilines is 1. The van der Waals surface area contributed by atoms with Gasteiger partial charge in [-0.05, 0) is 43.0 Å². The first-order chi connectivity index (χ1) is 16.2. The summed E-state index contributed by atoms with van der Waals surface area (Å²) in [5.41, 5.74) is 6.69. The van der Waals surface area contributed by atoms with Crippen molar-refractivity contribution in [2.24, 2.45) is 5.10 Å². The Labute approximate surface area is 205 Å². The summed E-state index contributed by atoms with van der Waals surface area (Å²) in [6.07, 6.45) is 1.48. The van der Waals surface area contributed by atoms with E-state index in [1.807, 2.05) is 37.4 Å². The lowest BCUT2D eigenvalue weighted by Crippen LogP contribution is -2.48. The molecular weight excluding hydrogens is 468 g/mol.